The summed E-state index contributed by atoms with van der Waals surface area (Å²) in [4.78, 5) is 16.7. The van der Waals surface area contributed by atoms with Gasteiger partial charge in [-0.1, -0.05) is 29.8 Å². The number of halogens is 1. The third kappa shape index (κ3) is 5.88. The molecule has 0 aromatic heterocycles. The smallest absolute Gasteiger partial charge is 0.257 e. The number of carbonyl (C=O) groups is 1. The zero-order chi connectivity index (χ0) is 19.1. The first-order valence-electron chi connectivity index (χ1n) is 9.30. The molecule has 1 amide bonds. The van der Waals surface area contributed by atoms with Crippen LogP contribution < -0.4 is 15.0 Å². The van der Waals surface area contributed by atoms with Crippen LogP contribution in [-0.4, -0.2) is 56.7 Å². The molecule has 1 fully saturated rings. The van der Waals surface area contributed by atoms with Gasteiger partial charge in [-0.3, -0.25) is 9.69 Å². The summed E-state index contributed by atoms with van der Waals surface area (Å²) in [5, 5.41) is 3.70. The fourth-order valence-corrected chi connectivity index (χ4v) is 3.27. The second-order valence-electron chi connectivity index (χ2n) is 6.71. The largest absolute Gasteiger partial charge is 0.484 e. The first kappa shape index (κ1) is 19.5. The molecule has 0 unspecified atom stereocenters. The molecule has 1 aliphatic rings. The summed E-state index contributed by atoms with van der Waals surface area (Å²) >= 11 is 5.95. The maximum absolute atomic E-state index is 12.0. The average Bonchev–Trinajstić information content (AvgIpc) is 2.69. The molecule has 1 aliphatic heterocycles. The predicted octanol–water partition coefficient (Wildman–Crippen LogP) is 2.97. The van der Waals surface area contributed by atoms with E-state index < -0.39 is 0 Å². The molecule has 0 atom stereocenters. The molecule has 0 radical (unpaired) electrons. The molecule has 0 spiro atoms. The maximum atomic E-state index is 12.0. The van der Waals surface area contributed by atoms with E-state index in [1.165, 1.54) is 5.69 Å². The van der Waals surface area contributed by atoms with Crippen molar-refractivity contribution in [1.82, 2.24) is 10.2 Å². The van der Waals surface area contributed by atoms with Crippen molar-refractivity contribution in [1.29, 1.82) is 0 Å². The molecule has 2 aromatic rings. The number of nitrogens with zero attached hydrogens (tertiary/aromatic N) is 2. The van der Waals surface area contributed by atoms with E-state index in [-0.39, 0.29) is 12.5 Å². The van der Waals surface area contributed by atoms with E-state index in [1.54, 1.807) is 0 Å². The molecule has 0 bridgehead atoms. The number of para-hydroxylation sites is 1. The Morgan fingerprint density at radius 1 is 1.07 bits per heavy atom. The van der Waals surface area contributed by atoms with Gasteiger partial charge in [0, 0.05) is 50.0 Å². The number of anilines is 1. The number of piperazine rings is 1. The Labute approximate surface area is 165 Å². The summed E-state index contributed by atoms with van der Waals surface area (Å²) in [5.41, 5.74) is 2.24. The minimum atomic E-state index is -0.0851. The molecule has 144 valence electrons. The lowest BCUT2D eigenvalue weighted by Crippen LogP contribution is -2.48. The second kappa shape index (κ2) is 9.62. The van der Waals surface area contributed by atoms with Gasteiger partial charge in [-0.15, -0.1) is 0 Å². The standard InChI is InChI=1S/C21H26ClN3O2/c1-17-4-2-3-5-20(17)27-16-21(26)23-10-11-24-12-14-25(15-13-24)19-8-6-18(22)7-9-19/h2-9H,10-16H2,1H3,(H,23,26). The number of ether oxygens (including phenoxy) is 1. The first-order chi connectivity index (χ1) is 13.1. The highest BCUT2D eigenvalue weighted by Gasteiger charge is 2.17. The predicted molar refractivity (Wildman–Crippen MR) is 110 cm³/mol. The van der Waals surface area contributed by atoms with Gasteiger partial charge < -0.3 is 15.0 Å². The van der Waals surface area contributed by atoms with E-state index in [0.29, 0.717) is 6.54 Å². The highest BCUT2D eigenvalue weighted by molar-refractivity contribution is 6.30. The Kier molecular flexibility index (Phi) is 6.96. The first-order valence-corrected chi connectivity index (χ1v) is 9.67. The SMILES string of the molecule is Cc1ccccc1OCC(=O)NCCN1CCN(c2ccc(Cl)cc2)CC1. The zero-order valence-corrected chi connectivity index (χ0v) is 16.4. The van der Waals surface area contributed by atoms with Crippen LogP contribution in [0.25, 0.3) is 0 Å². The lowest BCUT2D eigenvalue weighted by atomic mass is 10.2. The third-order valence-corrected chi connectivity index (χ3v) is 5.02. The quantitative estimate of drug-likeness (QED) is 0.793. The summed E-state index contributed by atoms with van der Waals surface area (Å²) < 4.78 is 5.57. The van der Waals surface area contributed by atoms with Crippen LogP contribution in [0, 0.1) is 6.92 Å². The molecule has 0 aliphatic carbocycles. The van der Waals surface area contributed by atoms with Gasteiger partial charge in [-0.05, 0) is 42.8 Å². The van der Waals surface area contributed by atoms with Gasteiger partial charge in [-0.2, -0.15) is 0 Å². The molecule has 2 aromatic carbocycles. The molecule has 3 rings (SSSR count). The summed E-state index contributed by atoms with van der Waals surface area (Å²) in [5.74, 6) is 0.670. The van der Waals surface area contributed by atoms with E-state index in [4.69, 9.17) is 16.3 Å². The van der Waals surface area contributed by atoms with Crippen molar-refractivity contribution in [2.45, 2.75) is 6.92 Å². The highest BCUT2D eigenvalue weighted by Crippen LogP contribution is 2.19. The van der Waals surface area contributed by atoms with E-state index in [1.807, 2.05) is 43.3 Å². The van der Waals surface area contributed by atoms with E-state index >= 15 is 0 Å². The van der Waals surface area contributed by atoms with Gasteiger partial charge in [0.25, 0.3) is 5.91 Å². The van der Waals surface area contributed by atoms with Crippen LogP contribution in [0.5, 0.6) is 5.75 Å². The Bertz CT molecular complexity index is 743. The highest BCUT2D eigenvalue weighted by atomic mass is 35.5. The Balaban J connectivity index is 1.32. The number of amides is 1. The molecule has 0 saturated carbocycles. The molecule has 1 saturated heterocycles. The van der Waals surface area contributed by atoms with E-state index in [2.05, 4.69) is 27.2 Å². The fourth-order valence-electron chi connectivity index (χ4n) is 3.15. The van der Waals surface area contributed by atoms with Gasteiger partial charge in [-0.25, -0.2) is 0 Å². The van der Waals surface area contributed by atoms with Crippen molar-refractivity contribution < 1.29 is 9.53 Å². The normalized spacial score (nSPS) is 14.8. The van der Waals surface area contributed by atoms with Crippen molar-refractivity contribution >= 4 is 23.2 Å². The van der Waals surface area contributed by atoms with Crippen LogP contribution >= 0.6 is 11.6 Å². The Hall–Kier alpha value is -2.24. The summed E-state index contributed by atoms with van der Waals surface area (Å²) in [6, 6.07) is 15.7. The van der Waals surface area contributed by atoms with Crippen molar-refractivity contribution in [3.05, 3.63) is 59.1 Å². The van der Waals surface area contributed by atoms with Crippen molar-refractivity contribution in [3.63, 3.8) is 0 Å². The lowest BCUT2D eigenvalue weighted by Gasteiger charge is -2.36. The van der Waals surface area contributed by atoms with Crippen LogP contribution in [0.3, 0.4) is 0 Å². The monoisotopic (exact) mass is 387 g/mol. The number of aryl methyl sites for hydroxylation is 1. The molecular weight excluding hydrogens is 362 g/mol. The zero-order valence-electron chi connectivity index (χ0n) is 15.7. The number of hydrogen-bond acceptors (Lipinski definition) is 4. The number of benzene rings is 2. The topological polar surface area (TPSA) is 44.8 Å². The van der Waals surface area contributed by atoms with Crippen LogP contribution in [0.1, 0.15) is 5.56 Å². The van der Waals surface area contributed by atoms with E-state index in [0.717, 1.165) is 49.1 Å². The van der Waals surface area contributed by atoms with Crippen LogP contribution in [0.2, 0.25) is 5.02 Å². The number of carbonyl (C=O) groups excluding carboxylic acids is 1. The average molecular weight is 388 g/mol. The molecular formula is C21H26ClN3O2. The Morgan fingerprint density at radius 2 is 1.78 bits per heavy atom. The molecule has 27 heavy (non-hydrogen) atoms. The summed E-state index contributed by atoms with van der Waals surface area (Å²) in [6.45, 7) is 7.43. The molecule has 5 nitrogen and oxygen atoms in total. The number of nitrogens with one attached hydrogen (secondary N) is 1. The lowest BCUT2D eigenvalue weighted by molar-refractivity contribution is -0.123. The fraction of sp³-hybridized carbons (Fsp3) is 0.381. The third-order valence-electron chi connectivity index (χ3n) is 4.77. The van der Waals surface area contributed by atoms with Gasteiger partial charge in [0.2, 0.25) is 0 Å². The second-order valence-corrected chi connectivity index (χ2v) is 7.15. The summed E-state index contributed by atoms with van der Waals surface area (Å²) in [7, 11) is 0. The molecule has 1 N–H and O–H groups in total. The Morgan fingerprint density at radius 3 is 2.48 bits per heavy atom. The van der Waals surface area contributed by atoms with Gasteiger partial charge >= 0.3 is 0 Å². The summed E-state index contributed by atoms with van der Waals surface area (Å²) in [6.07, 6.45) is 0. The minimum Gasteiger partial charge on any atom is -0.484 e. The molecule has 1 heterocycles. The van der Waals surface area contributed by atoms with Gasteiger partial charge in [0.15, 0.2) is 6.61 Å². The molecule has 6 heteroatoms. The van der Waals surface area contributed by atoms with Crippen molar-refractivity contribution in [2.75, 3.05) is 50.8 Å². The minimum absolute atomic E-state index is 0.0508. The van der Waals surface area contributed by atoms with Gasteiger partial charge in [0.1, 0.15) is 5.75 Å². The van der Waals surface area contributed by atoms with Gasteiger partial charge in [0.05, 0.1) is 0 Å². The van der Waals surface area contributed by atoms with Crippen molar-refractivity contribution in [3.8, 4) is 5.75 Å². The number of rotatable bonds is 7. The van der Waals surface area contributed by atoms with Crippen LogP contribution in [-0.2, 0) is 4.79 Å². The maximum Gasteiger partial charge on any atom is 0.257 e. The van der Waals surface area contributed by atoms with Crippen molar-refractivity contribution in [2.24, 2.45) is 0 Å². The van der Waals surface area contributed by atoms with E-state index in [9.17, 15) is 4.79 Å². The van der Waals surface area contributed by atoms with Crippen LogP contribution in [0.4, 0.5) is 5.69 Å². The van der Waals surface area contributed by atoms with Crippen LogP contribution in [0.15, 0.2) is 48.5 Å². The number of hydrogen-bond donors (Lipinski definition) is 1.